The molecule has 0 amide bonds. The molecule has 0 aromatic carbocycles. The molecule has 0 aliphatic carbocycles. The number of aromatic nitrogens is 4. The van der Waals surface area contributed by atoms with E-state index in [1.807, 2.05) is 22.6 Å². The molecule has 0 radical (unpaired) electrons. The Morgan fingerprint density at radius 2 is 2.06 bits per heavy atom. The third-order valence-corrected chi connectivity index (χ3v) is 3.60. The molecule has 0 spiro atoms. The Balaban J connectivity index is 2.38. The lowest BCUT2D eigenvalue weighted by Crippen LogP contribution is -2.16. The van der Waals surface area contributed by atoms with Crippen LogP contribution >= 0.6 is 22.6 Å². The summed E-state index contributed by atoms with van der Waals surface area (Å²) < 4.78 is 4.64. The van der Waals surface area contributed by atoms with Crippen molar-refractivity contribution in [2.75, 3.05) is 5.73 Å². The van der Waals surface area contributed by atoms with E-state index in [9.17, 15) is 0 Å². The van der Waals surface area contributed by atoms with E-state index < -0.39 is 0 Å². The average Bonchev–Trinajstić information content (AvgIpc) is 2.76. The number of nitrogens with two attached hydrogens (primary N) is 1. The molecule has 0 saturated heterocycles. The lowest BCUT2D eigenvalue weighted by atomic mass is 9.89. The highest BCUT2D eigenvalue weighted by molar-refractivity contribution is 14.1. The predicted octanol–water partition coefficient (Wildman–Crippen LogP) is 2.15. The SMILES string of the molecule is Cn1cc(Cn2ncc(I)c2N)c(C(C)(C)C)n1. The highest BCUT2D eigenvalue weighted by Crippen LogP contribution is 2.25. The van der Waals surface area contributed by atoms with Crippen molar-refractivity contribution < 1.29 is 0 Å². The molecule has 0 bridgehead atoms. The quantitative estimate of drug-likeness (QED) is 0.836. The van der Waals surface area contributed by atoms with Crippen LogP contribution in [0.25, 0.3) is 0 Å². The first kappa shape index (κ1) is 13.4. The molecular weight excluding hydrogens is 341 g/mol. The van der Waals surface area contributed by atoms with E-state index in [1.54, 1.807) is 6.20 Å². The molecule has 5 nitrogen and oxygen atoms in total. The molecular formula is C12H18IN5. The van der Waals surface area contributed by atoms with E-state index in [0.29, 0.717) is 12.4 Å². The van der Waals surface area contributed by atoms with Crippen molar-refractivity contribution in [2.45, 2.75) is 32.7 Å². The Kier molecular flexibility index (Phi) is 3.39. The van der Waals surface area contributed by atoms with Crippen LogP contribution in [0.4, 0.5) is 5.82 Å². The van der Waals surface area contributed by atoms with Crippen LogP contribution < -0.4 is 5.73 Å². The monoisotopic (exact) mass is 359 g/mol. The topological polar surface area (TPSA) is 61.7 Å². The van der Waals surface area contributed by atoms with E-state index in [1.165, 1.54) is 0 Å². The van der Waals surface area contributed by atoms with Crippen molar-refractivity contribution in [1.82, 2.24) is 19.6 Å². The minimum absolute atomic E-state index is 0.0195. The molecule has 18 heavy (non-hydrogen) atoms. The minimum Gasteiger partial charge on any atom is -0.383 e. The van der Waals surface area contributed by atoms with Gasteiger partial charge in [-0.25, -0.2) is 4.68 Å². The van der Waals surface area contributed by atoms with E-state index in [4.69, 9.17) is 5.73 Å². The second-order valence-corrected chi connectivity index (χ2v) is 6.62. The number of rotatable bonds is 2. The summed E-state index contributed by atoms with van der Waals surface area (Å²) in [6.07, 6.45) is 3.82. The van der Waals surface area contributed by atoms with Crippen LogP contribution in [0, 0.1) is 3.57 Å². The first-order valence-corrected chi connectivity index (χ1v) is 6.86. The van der Waals surface area contributed by atoms with Gasteiger partial charge >= 0.3 is 0 Å². The number of anilines is 1. The third kappa shape index (κ3) is 2.52. The third-order valence-electron chi connectivity index (χ3n) is 2.77. The van der Waals surface area contributed by atoms with Crippen molar-refractivity contribution in [3.63, 3.8) is 0 Å². The van der Waals surface area contributed by atoms with Gasteiger partial charge in [0.2, 0.25) is 0 Å². The molecule has 0 atom stereocenters. The predicted molar refractivity (Wildman–Crippen MR) is 80.4 cm³/mol. The smallest absolute Gasteiger partial charge is 0.135 e. The fraction of sp³-hybridized carbons (Fsp3) is 0.500. The van der Waals surface area contributed by atoms with Gasteiger partial charge in [-0.05, 0) is 22.6 Å². The molecule has 2 aromatic heterocycles. The highest BCUT2D eigenvalue weighted by Gasteiger charge is 2.22. The summed E-state index contributed by atoms with van der Waals surface area (Å²) in [7, 11) is 1.94. The number of hydrogen-bond acceptors (Lipinski definition) is 3. The molecule has 2 aromatic rings. The summed E-state index contributed by atoms with van der Waals surface area (Å²) >= 11 is 2.19. The maximum Gasteiger partial charge on any atom is 0.135 e. The number of aryl methyl sites for hydroxylation is 1. The summed E-state index contributed by atoms with van der Waals surface area (Å²) in [5.74, 6) is 0.708. The Morgan fingerprint density at radius 1 is 1.39 bits per heavy atom. The van der Waals surface area contributed by atoms with Crippen LogP contribution in [0.5, 0.6) is 0 Å². The fourth-order valence-corrected chi connectivity index (χ4v) is 2.35. The number of nitrogens with zero attached hydrogens (tertiary/aromatic N) is 4. The Morgan fingerprint density at radius 3 is 2.56 bits per heavy atom. The van der Waals surface area contributed by atoms with Gasteiger partial charge in [0.15, 0.2) is 0 Å². The maximum absolute atomic E-state index is 5.98. The van der Waals surface area contributed by atoms with Gasteiger partial charge < -0.3 is 5.73 Å². The normalized spacial score (nSPS) is 12.1. The van der Waals surface area contributed by atoms with Crippen LogP contribution in [-0.2, 0) is 19.0 Å². The molecule has 98 valence electrons. The van der Waals surface area contributed by atoms with Gasteiger partial charge in [-0.1, -0.05) is 20.8 Å². The van der Waals surface area contributed by atoms with Crippen LogP contribution in [-0.4, -0.2) is 19.6 Å². The molecule has 0 fully saturated rings. The second kappa shape index (κ2) is 4.56. The van der Waals surface area contributed by atoms with Gasteiger partial charge in [0.1, 0.15) is 5.82 Å². The maximum atomic E-state index is 5.98. The highest BCUT2D eigenvalue weighted by atomic mass is 127. The number of nitrogen functional groups attached to an aromatic ring is 1. The molecule has 0 aliphatic rings. The van der Waals surface area contributed by atoms with E-state index >= 15 is 0 Å². The lowest BCUT2D eigenvalue weighted by molar-refractivity contribution is 0.543. The van der Waals surface area contributed by atoms with Gasteiger partial charge in [-0.15, -0.1) is 0 Å². The van der Waals surface area contributed by atoms with Gasteiger partial charge in [-0.3, -0.25) is 4.68 Å². The fourth-order valence-electron chi connectivity index (χ4n) is 1.94. The molecule has 0 aliphatic heterocycles. The molecule has 0 saturated carbocycles. The zero-order valence-corrected chi connectivity index (χ0v) is 13.3. The Labute approximate surface area is 120 Å². The Hall–Kier alpha value is -1.05. The zero-order valence-electron chi connectivity index (χ0n) is 11.1. The van der Waals surface area contributed by atoms with Crippen LogP contribution in [0.3, 0.4) is 0 Å². The van der Waals surface area contributed by atoms with Crippen molar-refractivity contribution in [1.29, 1.82) is 0 Å². The zero-order chi connectivity index (χ0) is 13.5. The minimum atomic E-state index is 0.0195. The lowest BCUT2D eigenvalue weighted by Gasteiger charge is -2.17. The van der Waals surface area contributed by atoms with Crippen LogP contribution in [0.2, 0.25) is 0 Å². The van der Waals surface area contributed by atoms with Gasteiger partial charge in [0.25, 0.3) is 0 Å². The number of hydrogen-bond donors (Lipinski definition) is 1. The number of halogens is 1. The summed E-state index contributed by atoms with van der Waals surface area (Å²) in [6, 6.07) is 0. The summed E-state index contributed by atoms with van der Waals surface area (Å²) in [4.78, 5) is 0. The second-order valence-electron chi connectivity index (χ2n) is 5.46. The molecule has 2 N–H and O–H groups in total. The molecule has 0 unspecified atom stereocenters. The van der Waals surface area contributed by atoms with E-state index in [2.05, 4.69) is 53.6 Å². The summed E-state index contributed by atoms with van der Waals surface area (Å²) in [5.41, 5.74) is 8.26. The van der Waals surface area contributed by atoms with Crippen molar-refractivity contribution in [3.8, 4) is 0 Å². The largest absolute Gasteiger partial charge is 0.383 e. The van der Waals surface area contributed by atoms with Gasteiger partial charge in [-0.2, -0.15) is 10.2 Å². The molecule has 2 heterocycles. The van der Waals surface area contributed by atoms with Crippen molar-refractivity contribution >= 4 is 28.4 Å². The standard InChI is InChI=1S/C12H18IN5/c1-12(2,3)10-8(6-17(4)16-10)7-18-11(14)9(13)5-15-18/h5-6H,7,14H2,1-4H3. The van der Waals surface area contributed by atoms with E-state index in [-0.39, 0.29) is 5.41 Å². The van der Waals surface area contributed by atoms with Crippen molar-refractivity contribution in [3.05, 3.63) is 27.2 Å². The molecule has 6 heteroatoms. The van der Waals surface area contributed by atoms with E-state index in [0.717, 1.165) is 14.8 Å². The van der Waals surface area contributed by atoms with Gasteiger partial charge in [0, 0.05) is 24.2 Å². The summed E-state index contributed by atoms with van der Waals surface area (Å²) in [5, 5.41) is 8.84. The summed E-state index contributed by atoms with van der Waals surface area (Å²) in [6.45, 7) is 7.15. The van der Waals surface area contributed by atoms with Crippen LogP contribution in [0.1, 0.15) is 32.0 Å². The van der Waals surface area contributed by atoms with Crippen LogP contribution in [0.15, 0.2) is 12.4 Å². The first-order chi connectivity index (χ1) is 8.29. The first-order valence-electron chi connectivity index (χ1n) is 5.79. The average molecular weight is 359 g/mol. The Bertz CT molecular complexity index is 562. The molecule has 2 rings (SSSR count). The van der Waals surface area contributed by atoms with Crippen molar-refractivity contribution in [2.24, 2.45) is 7.05 Å². The van der Waals surface area contributed by atoms with Gasteiger partial charge in [0.05, 0.1) is 22.0 Å².